The van der Waals surface area contributed by atoms with Crippen molar-refractivity contribution in [2.45, 2.75) is 37.8 Å². The summed E-state index contributed by atoms with van der Waals surface area (Å²) in [5.41, 5.74) is 0.0841. The van der Waals surface area contributed by atoms with Crippen molar-refractivity contribution in [1.82, 2.24) is 14.9 Å². The molecule has 1 aliphatic carbocycles. The number of hydrogen-bond acceptors (Lipinski definition) is 4. The molecule has 2 bridgehead atoms. The molecule has 0 radical (unpaired) electrons. The van der Waals surface area contributed by atoms with Crippen LogP contribution >= 0.6 is 0 Å². The van der Waals surface area contributed by atoms with Gasteiger partial charge in [-0.05, 0) is 43.4 Å². The number of fused-ring (bicyclic) bond motifs is 2. The molecule has 2 amide bonds. The SMILES string of the molecule is O=C1C[C@@H]2CC[C@@H](n3ccc(NC(=O)c4ccccc4)nc3=O)[C@@H](C2)N1. The van der Waals surface area contributed by atoms with Gasteiger partial charge in [0.25, 0.3) is 5.91 Å². The van der Waals surface area contributed by atoms with Gasteiger partial charge in [0.1, 0.15) is 5.82 Å². The Balaban J connectivity index is 1.52. The molecule has 1 aromatic carbocycles. The lowest BCUT2D eigenvalue weighted by Crippen LogP contribution is -2.51. The van der Waals surface area contributed by atoms with Crippen LogP contribution in [0.1, 0.15) is 42.1 Å². The molecule has 2 N–H and O–H groups in total. The molecule has 7 nitrogen and oxygen atoms in total. The third-order valence-corrected chi connectivity index (χ3v) is 5.21. The fourth-order valence-electron chi connectivity index (χ4n) is 3.96. The van der Waals surface area contributed by atoms with Crippen LogP contribution in [0.2, 0.25) is 0 Å². The number of aromatic nitrogens is 2. The van der Waals surface area contributed by atoms with Crippen molar-refractivity contribution in [3.05, 3.63) is 58.6 Å². The van der Waals surface area contributed by atoms with Crippen LogP contribution in [0.3, 0.4) is 0 Å². The third-order valence-electron chi connectivity index (χ3n) is 5.21. The topological polar surface area (TPSA) is 93.1 Å². The van der Waals surface area contributed by atoms with Gasteiger partial charge < -0.3 is 10.6 Å². The van der Waals surface area contributed by atoms with Gasteiger partial charge in [-0.2, -0.15) is 4.98 Å². The first kappa shape index (κ1) is 16.5. The Labute approximate surface area is 150 Å². The number of carbonyl (C=O) groups is 2. The largest absolute Gasteiger partial charge is 0.351 e. The van der Waals surface area contributed by atoms with E-state index >= 15 is 0 Å². The van der Waals surface area contributed by atoms with E-state index in [2.05, 4.69) is 15.6 Å². The zero-order valence-electron chi connectivity index (χ0n) is 14.2. The van der Waals surface area contributed by atoms with Crippen molar-refractivity contribution < 1.29 is 9.59 Å². The molecule has 7 heteroatoms. The predicted molar refractivity (Wildman–Crippen MR) is 95.8 cm³/mol. The summed E-state index contributed by atoms with van der Waals surface area (Å²) < 4.78 is 1.57. The second kappa shape index (κ2) is 6.74. The second-order valence-electron chi connectivity index (χ2n) is 6.95. The van der Waals surface area contributed by atoms with E-state index in [0.717, 1.165) is 19.3 Å². The van der Waals surface area contributed by atoms with Crippen molar-refractivity contribution >= 4 is 17.6 Å². The molecule has 1 saturated heterocycles. The summed E-state index contributed by atoms with van der Waals surface area (Å²) in [5, 5.41) is 5.64. The lowest BCUT2D eigenvalue weighted by Gasteiger charge is -2.40. The molecule has 4 rings (SSSR count). The van der Waals surface area contributed by atoms with Gasteiger partial charge in [0.2, 0.25) is 5.91 Å². The Bertz CT molecular complexity index is 893. The molecule has 26 heavy (non-hydrogen) atoms. The Hall–Kier alpha value is -2.96. The summed E-state index contributed by atoms with van der Waals surface area (Å²) in [7, 11) is 0. The minimum Gasteiger partial charge on any atom is -0.351 e. The maximum atomic E-state index is 12.5. The van der Waals surface area contributed by atoms with Crippen molar-refractivity contribution in [2.75, 3.05) is 5.32 Å². The molecule has 2 heterocycles. The summed E-state index contributed by atoms with van der Waals surface area (Å²) in [6.45, 7) is 0. The van der Waals surface area contributed by atoms with Crippen LogP contribution in [0.5, 0.6) is 0 Å². The highest BCUT2D eigenvalue weighted by Crippen LogP contribution is 2.36. The molecule has 1 aliphatic heterocycles. The highest BCUT2D eigenvalue weighted by molar-refractivity contribution is 6.03. The van der Waals surface area contributed by atoms with Gasteiger partial charge in [0.05, 0.1) is 6.04 Å². The number of anilines is 1. The number of amides is 2. The van der Waals surface area contributed by atoms with Gasteiger partial charge in [-0.25, -0.2) is 4.79 Å². The Kier molecular flexibility index (Phi) is 4.28. The number of nitrogens with zero attached hydrogens (tertiary/aromatic N) is 2. The van der Waals surface area contributed by atoms with E-state index in [4.69, 9.17) is 0 Å². The zero-order chi connectivity index (χ0) is 18.1. The Morgan fingerprint density at radius 3 is 2.73 bits per heavy atom. The normalized spacial score (nSPS) is 24.6. The molecule has 2 fully saturated rings. The van der Waals surface area contributed by atoms with Crippen molar-refractivity contribution in [1.29, 1.82) is 0 Å². The number of benzene rings is 1. The number of hydrogen-bond donors (Lipinski definition) is 2. The van der Waals surface area contributed by atoms with Crippen LogP contribution in [0, 0.1) is 5.92 Å². The standard InChI is InChI=1S/C19H20N4O3/c24-17-11-12-6-7-15(14(10-12)20-17)23-9-8-16(22-19(23)26)21-18(25)13-4-2-1-3-5-13/h1-5,8-9,12,14-15H,6-7,10-11H2,(H,20,24)(H,21,22,25,26)/t12-,14-,15-/m1/s1. The summed E-state index contributed by atoms with van der Waals surface area (Å²) in [4.78, 5) is 40.5. The number of carbonyl (C=O) groups excluding carboxylic acids is 2. The fourth-order valence-corrected chi connectivity index (χ4v) is 3.96. The fraction of sp³-hybridized carbons (Fsp3) is 0.368. The van der Waals surface area contributed by atoms with Crippen LogP contribution < -0.4 is 16.3 Å². The van der Waals surface area contributed by atoms with Crippen LogP contribution in [0.25, 0.3) is 0 Å². The number of rotatable bonds is 3. The minimum atomic E-state index is -0.417. The van der Waals surface area contributed by atoms with Crippen molar-refractivity contribution in [3.8, 4) is 0 Å². The Morgan fingerprint density at radius 1 is 1.15 bits per heavy atom. The van der Waals surface area contributed by atoms with Crippen LogP contribution in [-0.2, 0) is 4.79 Å². The molecule has 2 aromatic rings. The molecule has 1 aromatic heterocycles. The smallest absolute Gasteiger partial charge is 0.349 e. The Morgan fingerprint density at radius 2 is 1.96 bits per heavy atom. The summed E-state index contributed by atoms with van der Waals surface area (Å²) >= 11 is 0. The molecular weight excluding hydrogens is 332 g/mol. The first-order chi connectivity index (χ1) is 12.6. The average Bonchev–Trinajstić information content (AvgIpc) is 2.63. The van der Waals surface area contributed by atoms with E-state index in [9.17, 15) is 14.4 Å². The third kappa shape index (κ3) is 3.24. The van der Waals surface area contributed by atoms with Crippen molar-refractivity contribution in [2.24, 2.45) is 5.92 Å². The van der Waals surface area contributed by atoms with Crippen molar-refractivity contribution in [3.63, 3.8) is 0 Å². The van der Waals surface area contributed by atoms with E-state index in [1.165, 1.54) is 0 Å². The number of piperidine rings is 1. The summed E-state index contributed by atoms with van der Waals surface area (Å²) in [5.74, 6) is 0.388. The quantitative estimate of drug-likeness (QED) is 0.880. The van der Waals surface area contributed by atoms with Crippen LogP contribution in [0.15, 0.2) is 47.4 Å². The summed E-state index contributed by atoms with van der Waals surface area (Å²) in [6.07, 6.45) is 4.91. The van der Waals surface area contributed by atoms with Gasteiger partial charge in [0, 0.05) is 24.2 Å². The number of nitrogens with one attached hydrogen (secondary N) is 2. The maximum Gasteiger partial charge on any atom is 0.349 e. The van der Waals surface area contributed by atoms with Gasteiger partial charge in [-0.15, -0.1) is 0 Å². The second-order valence-corrected chi connectivity index (χ2v) is 6.95. The molecule has 0 unspecified atom stereocenters. The van der Waals surface area contributed by atoms with E-state index < -0.39 is 5.69 Å². The minimum absolute atomic E-state index is 0.0285. The van der Waals surface area contributed by atoms with E-state index in [1.54, 1.807) is 41.1 Å². The molecule has 2 aliphatic rings. The summed E-state index contributed by atoms with van der Waals surface area (Å²) in [6, 6.07) is 10.3. The maximum absolute atomic E-state index is 12.5. The predicted octanol–water partition coefficient (Wildman–Crippen LogP) is 1.73. The van der Waals surface area contributed by atoms with E-state index in [0.29, 0.717) is 17.9 Å². The van der Waals surface area contributed by atoms with Gasteiger partial charge in [-0.1, -0.05) is 18.2 Å². The molecular formula is C19H20N4O3. The van der Waals surface area contributed by atoms with Gasteiger partial charge in [-0.3, -0.25) is 14.2 Å². The monoisotopic (exact) mass is 352 g/mol. The molecule has 134 valence electrons. The average molecular weight is 352 g/mol. The molecule has 1 saturated carbocycles. The molecule has 3 atom stereocenters. The zero-order valence-corrected chi connectivity index (χ0v) is 14.2. The van der Waals surface area contributed by atoms with E-state index in [-0.39, 0.29) is 29.7 Å². The first-order valence-corrected chi connectivity index (χ1v) is 8.85. The van der Waals surface area contributed by atoms with Crippen LogP contribution in [0.4, 0.5) is 5.82 Å². The highest BCUT2D eigenvalue weighted by atomic mass is 16.2. The van der Waals surface area contributed by atoms with Crippen LogP contribution in [-0.4, -0.2) is 27.4 Å². The first-order valence-electron chi connectivity index (χ1n) is 8.85. The van der Waals surface area contributed by atoms with E-state index in [1.807, 2.05) is 6.07 Å². The lowest BCUT2D eigenvalue weighted by molar-refractivity contribution is -0.126. The van der Waals surface area contributed by atoms with Gasteiger partial charge in [0.15, 0.2) is 0 Å². The highest BCUT2D eigenvalue weighted by Gasteiger charge is 2.37. The lowest BCUT2D eigenvalue weighted by atomic mass is 9.77. The van der Waals surface area contributed by atoms with Gasteiger partial charge >= 0.3 is 5.69 Å². The molecule has 0 spiro atoms.